The maximum Gasteiger partial charge on any atom is 0.307 e. The van der Waals surface area contributed by atoms with Crippen LogP contribution in [0.5, 0.6) is 5.75 Å². The molecule has 1 aromatic heterocycles. The molecule has 0 bridgehead atoms. The molecule has 182 valence electrons. The third kappa shape index (κ3) is 5.77. The minimum atomic E-state index is -0.889. The molecule has 6 nitrogen and oxygen atoms in total. The minimum absolute atomic E-state index is 0.0354. The van der Waals surface area contributed by atoms with Crippen molar-refractivity contribution in [1.82, 2.24) is 9.88 Å². The highest BCUT2D eigenvalue weighted by molar-refractivity contribution is 7.22. The van der Waals surface area contributed by atoms with Crippen LogP contribution in [0.15, 0.2) is 36.4 Å². The molecular formula is C25H29Cl2N3O3S. The summed E-state index contributed by atoms with van der Waals surface area (Å²) < 4.78 is 7.17. The van der Waals surface area contributed by atoms with Crippen LogP contribution < -0.4 is 9.64 Å². The fourth-order valence-corrected chi connectivity index (χ4v) is 6.17. The molecule has 1 aliphatic heterocycles. The van der Waals surface area contributed by atoms with Gasteiger partial charge in [0.05, 0.1) is 23.2 Å². The fourth-order valence-electron chi connectivity index (χ4n) is 4.63. The molecule has 4 rings (SSSR count). The van der Waals surface area contributed by atoms with Crippen molar-refractivity contribution in [3.05, 3.63) is 52.0 Å². The lowest BCUT2D eigenvalue weighted by atomic mass is 9.83. The predicted octanol–water partition coefficient (Wildman–Crippen LogP) is 5.99. The smallest absolute Gasteiger partial charge is 0.307 e. The number of piperidine rings is 1. The second-order valence-electron chi connectivity index (χ2n) is 8.80. The standard InChI is InChI=1S/C25H29Cl2N3O3S/c1-3-29(2)25(8-11-33-20-13-17(14-23(31)32)12-19(27)15-20)6-9-30(10-7-25)24-28-21-5-4-18(26)16-22(21)34-24/h4-5,12-13,15-16H,3,6-11,14H2,1-2H3,(H,31,32). The van der Waals surface area contributed by atoms with Crippen molar-refractivity contribution in [2.24, 2.45) is 0 Å². The number of benzene rings is 2. The van der Waals surface area contributed by atoms with Gasteiger partial charge in [-0.15, -0.1) is 0 Å². The molecule has 0 amide bonds. The number of fused-ring (bicyclic) bond motifs is 1. The highest BCUT2D eigenvalue weighted by Crippen LogP contribution is 2.37. The third-order valence-corrected chi connectivity index (χ3v) is 8.24. The average Bonchev–Trinajstić information content (AvgIpc) is 3.21. The van der Waals surface area contributed by atoms with Crippen LogP contribution in [0.2, 0.25) is 10.0 Å². The number of thiazole rings is 1. The normalized spacial score (nSPS) is 15.7. The van der Waals surface area contributed by atoms with Crippen molar-refractivity contribution in [3.63, 3.8) is 0 Å². The first-order valence-electron chi connectivity index (χ1n) is 11.4. The first-order chi connectivity index (χ1) is 16.3. The summed E-state index contributed by atoms with van der Waals surface area (Å²) in [6, 6.07) is 11.0. The number of aromatic nitrogens is 1. The van der Waals surface area contributed by atoms with Crippen LogP contribution in [0.25, 0.3) is 10.2 Å². The Bertz CT molecular complexity index is 1160. The number of anilines is 1. The first kappa shape index (κ1) is 25.0. The van der Waals surface area contributed by atoms with Crippen LogP contribution in [0.1, 0.15) is 31.7 Å². The molecule has 1 aliphatic rings. The van der Waals surface area contributed by atoms with Gasteiger partial charge < -0.3 is 19.6 Å². The Kier molecular flexibility index (Phi) is 7.87. The van der Waals surface area contributed by atoms with Gasteiger partial charge >= 0.3 is 5.97 Å². The van der Waals surface area contributed by atoms with E-state index in [1.54, 1.807) is 29.5 Å². The molecule has 2 aromatic carbocycles. The molecule has 0 atom stereocenters. The number of halogens is 2. The van der Waals surface area contributed by atoms with E-state index >= 15 is 0 Å². The Labute approximate surface area is 214 Å². The zero-order chi connectivity index (χ0) is 24.3. The lowest BCUT2D eigenvalue weighted by Crippen LogP contribution is -2.54. The van der Waals surface area contributed by atoms with Gasteiger partial charge in [0.1, 0.15) is 5.75 Å². The van der Waals surface area contributed by atoms with E-state index in [2.05, 4.69) is 23.8 Å². The second-order valence-corrected chi connectivity index (χ2v) is 10.7. The Morgan fingerprint density at radius 3 is 2.68 bits per heavy atom. The lowest BCUT2D eigenvalue weighted by Gasteiger charge is -2.47. The molecule has 0 radical (unpaired) electrons. The first-order valence-corrected chi connectivity index (χ1v) is 13.0. The minimum Gasteiger partial charge on any atom is -0.493 e. The van der Waals surface area contributed by atoms with Gasteiger partial charge in [0.25, 0.3) is 0 Å². The highest BCUT2D eigenvalue weighted by Gasteiger charge is 2.38. The highest BCUT2D eigenvalue weighted by atomic mass is 35.5. The van der Waals surface area contributed by atoms with Gasteiger partial charge in [0, 0.05) is 28.7 Å². The maximum atomic E-state index is 11.1. The zero-order valence-corrected chi connectivity index (χ0v) is 21.7. The van der Waals surface area contributed by atoms with Gasteiger partial charge in [0.2, 0.25) is 0 Å². The van der Waals surface area contributed by atoms with Gasteiger partial charge in [-0.2, -0.15) is 0 Å². The monoisotopic (exact) mass is 521 g/mol. The van der Waals surface area contributed by atoms with Crippen molar-refractivity contribution in [2.75, 3.05) is 38.2 Å². The van der Waals surface area contributed by atoms with Crippen molar-refractivity contribution in [2.45, 2.75) is 38.1 Å². The number of ether oxygens (including phenoxy) is 1. The molecule has 9 heteroatoms. The summed E-state index contributed by atoms with van der Waals surface area (Å²) in [7, 11) is 2.18. The molecule has 1 saturated heterocycles. The summed E-state index contributed by atoms with van der Waals surface area (Å²) >= 11 is 14.0. The van der Waals surface area contributed by atoms with E-state index in [0.717, 1.165) is 59.3 Å². The van der Waals surface area contributed by atoms with Crippen LogP contribution in [0.3, 0.4) is 0 Å². The van der Waals surface area contributed by atoms with Crippen LogP contribution in [-0.4, -0.2) is 59.8 Å². The molecule has 3 aromatic rings. The van der Waals surface area contributed by atoms with Crippen LogP contribution in [0.4, 0.5) is 5.13 Å². The summed E-state index contributed by atoms with van der Waals surface area (Å²) in [4.78, 5) is 20.7. The number of carboxylic acids is 1. The number of aliphatic carboxylic acids is 1. The number of hydrogen-bond donors (Lipinski definition) is 1. The van der Waals surface area contributed by atoms with Crippen LogP contribution in [0, 0.1) is 0 Å². The largest absolute Gasteiger partial charge is 0.493 e. The molecule has 2 heterocycles. The zero-order valence-electron chi connectivity index (χ0n) is 19.4. The van der Waals surface area contributed by atoms with E-state index in [0.29, 0.717) is 22.9 Å². The number of carbonyl (C=O) groups is 1. The molecule has 0 spiro atoms. The summed E-state index contributed by atoms with van der Waals surface area (Å²) in [5.74, 6) is -0.275. The fraction of sp³-hybridized carbons (Fsp3) is 0.440. The average molecular weight is 522 g/mol. The van der Waals surface area contributed by atoms with E-state index in [1.165, 1.54) is 0 Å². The summed E-state index contributed by atoms with van der Waals surface area (Å²) in [6.07, 6.45) is 2.82. The topological polar surface area (TPSA) is 65.9 Å². The molecule has 0 unspecified atom stereocenters. The SMILES string of the molecule is CCN(C)C1(CCOc2cc(Cl)cc(CC(=O)O)c2)CCN(c2nc3ccc(Cl)cc3s2)CC1. The molecular weight excluding hydrogens is 493 g/mol. The van der Waals surface area contributed by atoms with Crippen molar-refractivity contribution in [1.29, 1.82) is 0 Å². The third-order valence-electron chi connectivity index (χ3n) is 6.71. The van der Waals surface area contributed by atoms with Gasteiger partial charge in [-0.05, 0) is 74.8 Å². The quantitative estimate of drug-likeness (QED) is 0.373. The Hall–Kier alpha value is -2.06. The van der Waals surface area contributed by atoms with E-state index in [-0.39, 0.29) is 12.0 Å². The van der Waals surface area contributed by atoms with Crippen molar-refractivity contribution < 1.29 is 14.6 Å². The van der Waals surface area contributed by atoms with Gasteiger partial charge in [-0.3, -0.25) is 4.79 Å². The lowest BCUT2D eigenvalue weighted by molar-refractivity contribution is -0.136. The molecule has 34 heavy (non-hydrogen) atoms. The Morgan fingerprint density at radius 2 is 1.97 bits per heavy atom. The summed E-state index contributed by atoms with van der Waals surface area (Å²) in [5.41, 5.74) is 1.66. The number of rotatable bonds is 9. The molecule has 0 aliphatic carbocycles. The number of nitrogens with zero attached hydrogens (tertiary/aromatic N) is 3. The summed E-state index contributed by atoms with van der Waals surface area (Å²) in [6.45, 7) is 5.54. The molecule has 1 fully saturated rings. The Morgan fingerprint density at radius 1 is 1.21 bits per heavy atom. The van der Waals surface area contributed by atoms with Gasteiger partial charge in [-0.25, -0.2) is 4.98 Å². The molecule has 1 N–H and O–H groups in total. The van der Waals surface area contributed by atoms with Crippen molar-refractivity contribution in [3.8, 4) is 5.75 Å². The van der Waals surface area contributed by atoms with Gasteiger partial charge in [0.15, 0.2) is 5.13 Å². The van der Waals surface area contributed by atoms with E-state index in [4.69, 9.17) is 38.0 Å². The van der Waals surface area contributed by atoms with E-state index < -0.39 is 5.97 Å². The number of carboxylic acid groups (broad SMARTS) is 1. The van der Waals surface area contributed by atoms with Gasteiger partial charge in [-0.1, -0.05) is 41.5 Å². The Balaban J connectivity index is 1.41. The van der Waals surface area contributed by atoms with E-state index in [9.17, 15) is 4.79 Å². The number of hydrogen-bond acceptors (Lipinski definition) is 6. The van der Waals surface area contributed by atoms with E-state index in [1.807, 2.05) is 18.2 Å². The van der Waals surface area contributed by atoms with Crippen LogP contribution >= 0.6 is 34.5 Å². The molecule has 0 saturated carbocycles. The maximum absolute atomic E-state index is 11.1. The second kappa shape index (κ2) is 10.7. The van der Waals surface area contributed by atoms with Crippen LogP contribution in [-0.2, 0) is 11.2 Å². The summed E-state index contributed by atoms with van der Waals surface area (Å²) in [5, 5.41) is 11.3. The van der Waals surface area contributed by atoms with Crippen molar-refractivity contribution >= 4 is 55.9 Å². The predicted molar refractivity (Wildman–Crippen MR) is 140 cm³/mol.